The van der Waals surface area contributed by atoms with Gasteiger partial charge in [0.15, 0.2) is 0 Å². The molecule has 0 fully saturated rings. The highest BCUT2D eigenvalue weighted by atomic mass is 16.2. The first-order chi connectivity index (χ1) is 18.2. The fourth-order valence-electron chi connectivity index (χ4n) is 4.23. The number of hydrogen-bond acceptors (Lipinski definition) is 4. The normalized spacial score (nSPS) is 11.7. The van der Waals surface area contributed by atoms with Crippen molar-refractivity contribution in [1.29, 1.82) is 0 Å². The Morgan fingerprint density at radius 3 is 2.24 bits per heavy atom. The van der Waals surface area contributed by atoms with Gasteiger partial charge >= 0.3 is 0 Å². The molecule has 3 aromatic carbocycles. The second-order valence-corrected chi connectivity index (χ2v) is 8.78. The number of carbonyl (C=O) groups is 2. The van der Waals surface area contributed by atoms with Crippen LogP contribution in [0.2, 0.25) is 0 Å². The van der Waals surface area contributed by atoms with Crippen molar-refractivity contribution < 1.29 is 9.59 Å². The average molecular weight is 490 g/mol. The molecule has 2 amide bonds. The van der Waals surface area contributed by atoms with E-state index in [9.17, 15) is 9.59 Å². The van der Waals surface area contributed by atoms with Crippen molar-refractivity contribution in [1.82, 2.24) is 25.6 Å². The summed E-state index contributed by atoms with van der Waals surface area (Å²) >= 11 is 0. The largest absolute Gasteiger partial charge is 0.350 e. The molecule has 37 heavy (non-hydrogen) atoms. The van der Waals surface area contributed by atoms with Gasteiger partial charge in [0, 0.05) is 24.5 Å². The number of aryl methyl sites for hydroxylation is 1. The standard InChI is InChI=1S/C30H27N5O2/c36-29(24-12-7-13-25-27(24)35-28(33-25)23-16-18-31-19-17-23)34-26(15-14-21-8-3-1-4-9-21)30(37)32-20-22-10-5-2-6-11-22/h1-13,16-19,26H,14-15,20H2,(H,32,37)(H,33,35)(H,34,36). The predicted octanol–water partition coefficient (Wildman–Crippen LogP) is 4.67. The molecule has 0 spiro atoms. The van der Waals surface area contributed by atoms with E-state index in [1.54, 1.807) is 24.5 Å². The number of imidazole rings is 1. The molecule has 0 aliphatic rings. The van der Waals surface area contributed by atoms with E-state index in [0.29, 0.717) is 36.3 Å². The smallest absolute Gasteiger partial charge is 0.254 e. The van der Waals surface area contributed by atoms with Crippen LogP contribution in [0.3, 0.4) is 0 Å². The third-order valence-corrected chi connectivity index (χ3v) is 6.21. The van der Waals surface area contributed by atoms with E-state index >= 15 is 0 Å². The molecule has 0 bridgehead atoms. The maximum atomic E-state index is 13.4. The summed E-state index contributed by atoms with van der Waals surface area (Å²) in [7, 11) is 0. The molecule has 0 saturated carbocycles. The Morgan fingerprint density at radius 2 is 1.51 bits per heavy atom. The maximum absolute atomic E-state index is 13.4. The number of rotatable bonds is 9. The molecule has 2 heterocycles. The van der Waals surface area contributed by atoms with E-state index < -0.39 is 6.04 Å². The van der Waals surface area contributed by atoms with Gasteiger partial charge in [-0.2, -0.15) is 0 Å². The molecule has 184 valence electrons. The number of para-hydroxylation sites is 1. The second kappa shape index (κ2) is 11.3. The topological polar surface area (TPSA) is 99.8 Å². The number of benzene rings is 3. The van der Waals surface area contributed by atoms with E-state index in [2.05, 4.69) is 25.6 Å². The van der Waals surface area contributed by atoms with E-state index in [1.165, 1.54) is 0 Å². The zero-order valence-electron chi connectivity index (χ0n) is 20.2. The van der Waals surface area contributed by atoms with Crippen molar-refractivity contribution in [3.63, 3.8) is 0 Å². The minimum Gasteiger partial charge on any atom is -0.350 e. The number of aromatic amines is 1. The molecule has 3 N–H and O–H groups in total. The molecule has 0 aliphatic carbocycles. The monoisotopic (exact) mass is 489 g/mol. The fraction of sp³-hybridized carbons (Fsp3) is 0.133. The number of H-pyrrole nitrogens is 1. The van der Waals surface area contributed by atoms with Crippen molar-refractivity contribution >= 4 is 22.8 Å². The van der Waals surface area contributed by atoms with Gasteiger partial charge in [-0.1, -0.05) is 66.7 Å². The van der Waals surface area contributed by atoms with Crippen LogP contribution >= 0.6 is 0 Å². The van der Waals surface area contributed by atoms with Gasteiger partial charge in [0.2, 0.25) is 5.91 Å². The lowest BCUT2D eigenvalue weighted by Crippen LogP contribution is -2.46. The van der Waals surface area contributed by atoms with Gasteiger partial charge in [0.05, 0.1) is 11.1 Å². The summed E-state index contributed by atoms with van der Waals surface area (Å²) in [4.78, 5) is 38.7. The van der Waals surface area contributed by atoms with Crippen LogP contribution in [0.4, 0.5) is 0 Å². The molecule has 5 rings (SSSR count). The highest BCUT2D eigenvalue weighted by Gasteiger charge is 2.23. The molecule has 1 atom stereocenters. The molecule has 2 aromatic heterocycles. The minimum atomic E-state index is -0.703. The number of nitrogens with zero attached hydrogens (tertiary/aromatic N) is 2. The Labute approximate surface area is 215 Å². The minimum absolute atomic E-state index is 0.222. The number of fused-ring (bicyclic) bond motifs is 1. The van der Waals surface area contributed by atoms with Gasteiger partial charge in [-0.15, -0.1) is 0 Å². The molecule has 1 unspecified atom stereocenters. The average Bonchev–Trinajstić information content (AvgIpc) is 3.40. The predicted molar refractivity (Wildman–Crippen MR) is 144 cm³/mol. The van der Waals surface area contributed by atoms with Crippen LogP contribution in [0.1, 0.15) is 27.9 Å². The second-order valence-electron chi connectivity index (χ2n) is 8.78. The van der Waals surface area contributed by atoms with E-state index in [0.717, 1.165) is 22.2 Å². The van der Waals surface area contributed by atoms with E-state index in [1.807, 2.05) is 78.9 Å². The number of nitrogens with one attached hydrogen (secondary N) is 3. The molecule has 0 saturated heterocycles. The third-order valence-electron chi connectivity index (χ3n) is 6.21. The van der Waals surface area contributed by atoms with Crippen LogP contribution in [0.5, 0.6) is 0 Å². The maximum Gasteiger partial charge on any atom is 0.254 e. The van der Waals surface area contributed by atoms with Crippen molar-refractivity contribution in [2.24, 2.45) is 0 Å². The van der Waals surface area contributed by atoms with Crippen LogP contribution in [0.15, 0.2) is 103 Å². The lowest BCUT2D eigenvalue weighted by Gasteiger charge is -2.19. The lowest BCUT2D eigenvalue weighted by atomic mass is 10.0. The summed E-state index contributed by atoms with van der Waals surface area (Å²) in [6, 6.07) is 28.1. The molecule has 7 nitrogen and oxygen atoms in total. The highest BCUT2D eigenvalue weighted by Crippen LogP contribution is 2.22. The van der Waals surface area contributed by atoms with E-state index in [-0.39, 0.29) is 11.8 Å². The van der Waals surface area contributed by atoms with Crippen LogP contribution in [0, 0.1) is 0 Å². The van der Waals surface area contributed by atoms with Gasteiger partial charge in [-0.25, -0.2) is 4.98 Å². The number of aromatic nitrogens is 3. The van der Waals surface area contributed by atoms with Gasteiger partial charge < -0.3 is 15.6 Å². The number of pyridine rings is 1. The van der Waals surface area contributed by atoms with Crippen LogP contribution in [-0.2, 0) is 17.8 Å². The first-order valence-electron chi connectivity index (χ1n) is 12.2. The summed E-state index contributed by atoms with van der Waals surface area (Å²) in [6.07, 6.45) is 4.52. The van der Waals surface area contributed by atoms with Crippen molar-refractivity contribution in [2.45, 2.75) is 25.4 Å². The summed E-state index contributed by atoms with van der Waals surface area (Å²) in [5.41, 5.74) is 4.68. The molecule has 5 aromatic rings. The van der Waals surface area contributed by atoms with Crippen LogP contribution in [0.25, 0.3) is 22.4 Å². The van der Waals surface area contributed by atoms with Gasteiger partial charge in [-0.05, 0) is 48.2 Å². The first-order valence-corrected chi connectivity index (χ1v) is 12.2. The first kappa shape index (κ1) is 23.9. The molecule has 0 aliphatic heterocycles. The highest BCUT2D eigenvalue weighted by molar-refractivity contribution is 6.06. The Kier molecular flexibility index (Phi) is 7.31. The van der Waals surface area contributed by atoms with Crippen molar-refractivity contribution in [3.05, 3.63) is 120 Å². The number of carbonyl (C=O) groups excluding carboxylic acids is 2. The molecule has 0 radical (unpaired) electrons. The fourth-order valence-corrected chi connectivity index (χ4v) is 4.23. The summed E-state index contributed by atoms with van der Waals surface area (Å²) in [6.45, 7) is 0.390. The summed E-state index contributed by atoms with van der Waals surface area (Å²) in [5.74, 6) is 0.0880. The molecule has 7 heteroatoms. The van der Waals surface area contributed by atoms with Crippen molar-refractivity contribution in [2.75, 3.05) is 0 Å². The zero-order valence-corrected chi connectivity index (χ0v) is 20.2. The summed E-state index contributed by atoms with van der Waals surface area (Å²) < 4.78 is 0. The molecular formula is C30H27N5O2. The van der Waals surface area contributed by atoms with E-state index in [4.69, 9.17) is 0 Å². The summed E-state index contributed by atoms with van der Waals surface area (Å²) in [5, 5.41) is 5.94. The lowest BCUT2D eigenvalue weighted by molar-refractivity contribution is -0.123. The van der Waals surface area contributed by atoms with Gasteiger partial charge in [-0.3, -0.25) is 14.6 Å². The zero-order chi connectivity index (χ0) is 25.5. The Hall–Kier alpha value is -4.78. The Balaban J connectivity index is 1.36. The van der Waals surface area contributed by atoms with Crippen LogP contribution < -0.4 is 10.6 Å². The molecular weight excluding hydrogens is 462 g/mol. The SMILES string of the molecule is O=C(NC(CCc1ccccc1)C(=O)NCc1ccccc1)c1cccc2[nH]c(-c3ccncc3)nc12. The quantitative estimate of drug-likeness (QED) is 0.280. The Bertz CT molecular complexity index is 1480. The van der Waals surface area contributed by atoms with Gasteiger partial charge in [0.1, 0.15) is 17.4 Å². The van der Waals surface area contributed by atoms with Gasteiger partial charge in [0.25, 0.3) is 5.91 Å². The van der Waals surface area contributed by atoms with Crippen molar-refractivity contribution in [3.8, 4) is 11.4 Å². The Morgan fingerprint density at radius 1 is 0.811 bits per heavy atom. The third kappa shape index (κ3) is 5.90. The van der Waals surface area contributed by atoms with Crippen LogP contribution in [-0.4, -0.2) is 32.8 Å². The number of amides is 2. The number of hydrogen-bond donors (Lipinski definition) is 3.